The number of halogens is 2. The molecule has 2 aliphatic rings. The Labute approximate surface area is 437 Å². The number of anilines is 2. The fourth-order valence-corrected chi connectivity index (χ4v) is 10.1. The van der Waals surface area contributed by atoms with E-state index >= 15 is 0 Å². The average Bonchev–Trinajstić information content (AvgIpc) is 3.36. The summed E-state index contributed by atoms with van der Waals surface area (Å²) < 4.78 is 26.3. The molecule has 400 valence electrons. The first kappa shape index (κ1) is 58.4. The lowest BCUT2D eigenvalue weighted by Crippen LogP contribution is -2.53. The van der Waals surface area contributed by atoms with Crippen molar-refractivity contribution in [1.82, 2.24) is 30.2 Å². The largest absolute Gasteiger partial charge is 0.343 e. The van der Waals surface area contributed by atoms with Crippen LogP contribution in [0, 0.1) is 23.5 Å². The molecule has 6 amide bonds. The lowest BCUT2D eigenvalue weighted by atomic mass is 9.80. The van der Waals surface area contributed by atoms with Crippen LogP contribution in [-0.2, 0) is 22.4 Å². The molecule has 2 fully saturated rings. The molecule has 0 aromatic heterocycles. The molecule has 4 aromatic rings. The third kappa shape index (κ3) is 19.1. The maximum absolute atomic E-state index is 13.1. The van der Waals surface area contributed by atoms with E-state index in [1.54, 1.807) is 72.2 Å². The van der Waals surface area contributed by atoms with Crippen molar-refractivity contribution in [2.45, 2.75) is 116 Å². The predicted octanol–water partition coefficient (Wildman–Crippen LogP) is 9.46. The summed E-state index contributed by atoms with van der Waals surface area (Å²) in [5, 5.41) is 12.0. The van der Waals surface area contributed by atoms with Crippen LogP contribution in [0.25, 0.3) is 0 Å². The van der Waals surface area contributed by atoms with Crippen molar-refractivity contribution >= 4 is 46.8 Å². The Morgan fingerprint density at radius 1 is 0.514 bits per heavy atom. The average molecular weight is 1020 g/mol. The van der Waals surface area contributed by atoms with Gasteiger partial charge in [0.05, 0.1) is 0 Å². The van der Waals surface area contributed by atoms with Crippen molar-refractivity contribution in [3.05, 3.63) is 131 Å². The van der Waals surface area contributed by atoms with Gasteiger partial charge in [0.15, 0.2) is 11.6 Å². The van der Waals surface area contributed by atoms with Crippen LogP contribution >= 0.6 is 0 Å². The SMILES string of the molecule is CC(=O)c1cccc(NC(=O)N[C@@H]2C[C@@H](N(C)C(C)=O)CC[C@H]2CN(C)CCCc2ccc(F)cc2)c1.CC(=O)c1cccc(NC(=O)N[C@@H]2C[C@H](N(C)C(C)=O)CC[C@H]2CN(C)CCCc2ccc(F)cc2)c1. The van der Waals surface area contributed by atoms with Gasteiger partial charge in [-0.1, -0.05) is 48.5 Å². The molecule has 6 atom stereocenters. The molecule has 74 heavy (non-hydrogen) atoms. The number of aryl methyl sites for hydroxylation is 2. The van der Waals surface area contributed by atoms with Gasteiger partial charge in [-0.3, -0.25) is 19.2 Å². The van der Waals surface area contributed by atoms with E-state index in [1.165, 1.54) is 38.1 Å². The lowest BCUT2D eigenvalue weighted by molar-refractivity contribution is -0.131. The van der Waals surface area contributed by atoms with Gasteiger partial charge in [-0.15, -0.1) is 0 Å². The number of rotatable bonds is 20. The molecule has 16 heteroatoms. The molecule has 0 unspecified atom stereocenters. The quantitative estimate of drug-likeness (QED) is 0.0637. The number of carbonyl (C=O) groups excluding carboxylic acids is 6. The molecule has 0 heterocycles. The molecule has 0 radical (unpaired) electrons. The van der Waals surface area contributed by atoms with Crippen LogP contribution in [0.4, 0.5) is 29.7 Å². The second-order valence-corrected chi connectivity index (χ2v) is 20.4. The van der Waals surface area contributed by atoms with Crippen molar-refractivity contribution in [3.63, 3.8) is 0 Å². The molecule has 4 aromatic carbocycles. The predicted molar refractivity (Wildman–Crippen MR) is 288 cm³/mol. The summed E-state index contributed by atoms with van der Waals surface area (Å²) in [4.78, 5) is 81.3. The zero-order valence-corrected chi connectivity index (χ0v) is 44.6. The van der Waals surface area contributed by atoms with Crippen LogP contribution in [0.2, 0.25) is 0 Å². The minimum absolute atomic E-state index is 0.0191. The molecule has 0 saturated heterocycles. The number of Topliss-reactive ketones (excluding diaryl/α,β-unsaturated/α-hetero) is 2. The van der Waals surface area contributed by atoms with E-state index < -0.39 is 0 Å². The maximum atomic E-state index is 13.1. The van der Waals surface area contributed by atoms with Crippen LogP contribution in [-0.4, -0.2) is 134 Å². The van der Waals surface area contributed by atoms with Gasteiger partial charge in [0.2, 0.25) is 11.8 Å². The monoisotopic (exact) mass is 1020 g/mol. The highest BCUT2D eigenvalue weighted by atomic mass is 19.1. The Morgan fingerprint density at radius 2 is 0.878 bits per heavy atom. The third-order valence-electron chi connectivity index (χ3n) is 14.6. The van der Waals surface area contributed by atoms with Gasteiger partial charge in [0.25, 0.3) is 0 Å². The number of benzene rings is 4. The van der Waals surface area contributed by atoms with Gasteiger partial charge >= 0.3 is 12.1 Å². The number of hydrogen-bond acceptors (Lipinski definition) is 8. The Balaban J connectivity index is 0.000000274. The Bertz CT molecular complexity index is 2320. The molecular weight excluding hydrogens is 943 g/mol. The molecule has 2 saturated carbocycles. The minimum atomic E-state index is -0.319. The highest BCUT2D eigenvalue weighted by molar-refractivity contribution is 5.97. The van der Waals surface area contributed by atoms with E-state index in [0.717, 1.165) is 88.7 Å². The summed E-state index contributed by atoms with van der Waals surface area (Å²) in [5.74, 6) is -0.0512. The fourth-order valence-electron chi connectivity index (χ4n) is 10.1. The third-order valence-corrected chi connectivity index (χ3v) is 14.6. The van der Waals surface area contributed by atoms with E-state index in [0.29, 0.717) is 35.3 Å². The van der Waals surface area contributed by atoms with Gasteiger partial charge in [0, 0.05) is 87.7 Å². The Morgan fingerprint density at radius 3 is 1.22 bits per heavy atom. The first-order chi connectivity index (χ1) is 35.2. The zero-order chi connectivity index (χ0) is 53.9. The van der Waals surface area contributed by atoms with Crippen molar-refractivity contribution < 1.29 is 37.5 Å². The smallest absolute Gasteiger partial charge is 0.319 e. The molecule has 0 spiro atoms. The summed E-state index contributed by atoms with van der Waals surface area (Å²) in [5.41, 5.74) is 4.44. The number of hydrogen-bond donors (Lipinski definition) is 4. The van der Waals surface area contributed by atoms with Gasteiger partial charge < -0.3 is 40.9 Å². The van der Waals surface area contributed by atoms with E-state index in [9.17, 15) is 37.5 Å². The Kier molecular flexibility index (Phi) is 22.7. The van der Waals surface area contributed by atoms with Crippen LogP contribution in [0.5, 0.6) is 0 Å². The summed E-state index contributed by atoms with van der Waals surface area (Å²) in [6.07, 6.45) is 8.62. The normalized spacial score (nSPS) is 19.4. The lowest BCUT2D eigenvalue weighted by Gasteiger charge is -2.41. The van der Waals surface area contributed by atoms with Gasteiger partial charge in [-0.05, 0) is 177 Å². The van der Waals surface area contributed by atoms with E-state index in [1.807, 2.05) is 38.4 Å². The first-order valence-corrected chi connectivity index (χ1v) is 25.9. The van der Waals surface area contributed by atoms with E-state index in [2.05, 4.69) is 45.2 Å². The highest BCUT2D eigenvalue weighted by Crippen LogP contribution is 2.30. The second kappa shape index (κ2) is 28.8. The number of nitrogens with one attached hydrogen (secondary N) is 4. The number of nitrogens with zero attached hydrogens (tertiary/aromatic N) is 4. The van der Waals surface area contributed by atoms with Crippen molar-refractivity contribution in [1.29, 1.82) is 0 Å². The van der Waals surface area contributed by atoms with Gasteiger partial charge in [-0.25, -0.2) is 18.4 Å². The van der Waals surface area contributed by atoms with E-state index in [4.69, 9.17) is 0 Å². The van der Waals surface area contributed by atoms with Crippen LogP contribution in [0.15, 0.2) is 97.1 Å². The van der Waals surface area contributed by atoms with Crippen molar-refractivity contribution in [2.24, 2.45) is 11.8 Å². The number of amides is 6. The maximum Gasteiger partial charge on any atom is 0.319 e. The minimum Gasteiger partial charge on any atom is -0.343 e. The fraction of sp³-hybridized carbons (Fsp3) is 0.483. The van der Waals surface area contributed by atoms with Crippen LogP contribution in [0.3, 0.4) is 0 Å². The summed E-state index contributed by atoms with van der Waals surface area (Å²) >= 11 is 0. The second-order valence-electron chi connectivity index (χ2n) is 20.4. The number of urea groups is 2. The molecule has 14 nitrogen and oxygen atoms in total. The van der Waals surface area contributed by atoms with Crippen molar-refractivity contribution in [3.8, 4) is 0 Å². The summed E-state index contributed by atoms with van der Waals surface area (Å²) in [6.45, 7) is 9.55. The summed E-state index contributed by atoms with van der Waals surface area (Å²) in [7, 11) is 7.81. The number of ketones is 2. The molecule has 4 N–H and O–H groups in total. The van der Waals surface area contributed by atoms with Gasteiger partial charge in [0.1, 0.15) is 11.6 Å². The first-order valence-electron chi connectivity index (χ1n) is 25.9. The van der Waals surface area contributed by atoms with Crippen molar-refractivity contribution in [2.75, 3.05) is 65.0 Å². The standard InChI is InChI=1S/2C29H39FN4O3/c2*1-20(35)23-8-5-9-26(17-23)31-29(37)32-28-18-27(34(4)21(2)36)15-12-24(28)19-33(3)16-6-7-22-10-13-25(30)14-11-22/h2*5,8-11,13-14,17,24,27-28H,6-7,12,15-16,18-19H2,1-4H3,(H2,31,32,37)/t24-,27+,28+;24-,27-,28+/m00/s1. The molecule has 2 aliphatic carbocycles. The van der Waals surface area contributed by atoms with Crippen LogP contribution < -0.4 is 21.3 Å². The Hall–Kier alpha value is -6.52. The molecule has 6 rings (SSSR count). The van der Waals surface area contributed by atoms with E-state index in [-0.39, 0.29) is 83.1 Å². The summed E-state index contributed by atoms with van der Waals surface area (Å²) in [6, 6.07) is 26.4. The topological polar surface area (TPSA) is 164 Å². The molecular formula is C58H78F2N8O6. The molecule has 0 bridgehead atoms. The van der Waals surface area contributed by atoms with Gasteiger partial charge in [-0.2, -0.15) is 0 Å². The zero-order valence-electron chi connectivity index (χ0n) is 44.6. The molecule has 0 aliphatic heterocycles. The highest BCUT2D eigenvalue weighted by Gasteiger charge is 2.36. The van der Waals surface area contributed by atoms with Crippen LogP contribution in [0.1, 0.15) is 111 Å². The number of carbonyl (C=O) groups is 6.